The number of pyridine rings is 1. The second kappa shape index (κ2) is 12.9. The molecular weight excluding hydrogens is 545 g/mol. The molecule has 0 spiro atoms. The van der Waals surface area contributed by atoms with E-state index in [4.69, 9.17) is 4.74 Å². The van der Waals surface area contributed by atoms with Crippen molar-refractivity contribution in [3.63, 3.8) is 0 Å². The van der Waals surface area contributed by atoms with E-state index in [0.717, 1.165) is 35.9 Å². The minimum Gasteiger partial charge on any atom is -0.444 e. The molecule has 0 unspecified atom stereocenters. The highest BCUT2D eigenvalue weighted by atomic mass is 127. The van der Waals surface area contributed by atoms with Gasteiger partial charge < -0.3 is 15.4 Å². The Labute approximate surface area is 217 Å². The number of nitrogens with one attached hydrogen (secondary N) is 3. The van der Waals surface area contributed by atoms with Crippen molar-refractivity contribution in [2.75, 3.05) is 18.9 Å². The Bertz CT molecular complexity index is 1060. The van der Waals surface area contributed by atoms with E-state index in [2.05, 4.69) is 30.9 Å². The molecule has 3 N–H and O–H groups in total. The maximum atomic E-state index is 11.9. The maximum absolute atomic E-state index is 11.9. The molecule has 1 aromatic carbocycles. The number of aromatic nitrogens is 3. The average molecular weight is 577 g/mol. The van der Waals surface area contributed by atoms with Crippen molar-refractivity contribution in [2.45, 2.75) is 39.3 Å². The summed E-state index contributed by atoms with van der Waals surface area (Å²) in [6.45, 7) is 6.84. The number of rotatable bonds is 7. The number of halogens is 1. The molecule has 0 saturated carbocycles. The minimum atomic E-state index is -0.526. The van der Waals surface area contributed by atoms with Gasteiger partial charge in [-0.2, -0.15) is 0 Å². The van der Waals surface area contributed by atoms with E-state index in [1.165, 1.54) is 0 Å². The Morgan fingerprint density at radius 1 is 1.09 bits per heavy atom. The molecule has 0 aliphatic heterocycles. The van der Waals surface area contributed by atoms with Crippen LogP contribution in [0, 0.1) is 0 Å². The van der Waals surface area contributed by atoms with E-state index < -0.39 is 11.7 Å². The Morgan fingerprint density at radius 2 is 1.85 bits per heavy atom. The number of benzene rings is 1. The van der Waals surface area contributed by atoms with Gasteiger partial charge in [0.15, 0.2) is 5.96 Å². The summed E-state index contributed by atoms with van der Waals surface area (Å²) in [7, 11) is 1.75. The standard InChI is InChI=1S/C24H31N7O2.HI/c1-24(2,3)33-23(32)30-20-7-5-18(6-8-20)9-12-28-22(25-4)29-16-19-10-11-27-21(15-19)31-14-13-26-17-31;/h5-8,10-11,13-15,17H,9,12,16H2,1-4H3,(H,30,32)(H2,25,28,29);1H. The molecule has 0 aliphatic carbocycles. The van der Waals surface area contributed by atoms with Crippen LogP contribution < -0.4 is 16.0 Å². The van der Waals surface area contributed by atoms with E-state index >= 15 is 0 Å². The van der Waals surface area contributed by atoms with Crippen LogP contribution in [0.25, 0.3) is 5.82 Å². The fourth-order valence-electron chi connectivity index (χ4n) is 3.01. The molecule has 2 aromatic heterocycles. The molecule has 34 heavy (non-hydrogen) atoms. The fraction of sp³-hybridized carbons (Fsp3) is 0.333. The maximum Gasteiger partial charge on any atom is 0.412 e. The van der Waals surface area contributed by atoms with Crippen molar-refractivity contribution in [1.29, 1.82) is 0 Å². The summed E-state index contributed by atoms with van der Waals surface area (Å²) in [6.07, 6.45) is 7.44. The van der Waals surface area contributed by atoms with E-state index in [1.54, 1.807) is 25.8 Å². The van der Waals surface area contributed by atoms with Gasteiger partial charge in [-0.1, -0.05) is 12.1 Å². The molecular formula is C24H32IN7O2. The fourth-order valence-corrected chi connectivity index (χ4v) is 3.01. The summed E-state index contributed by atoms with van der Waals surface area (Å²) in [4.78, 5) is 24.6. The number of aliphatic imine (C=N–C) groups is 1. The monoisotopic (exact) mass is 577 g/mol. The first-order chi connectivity index (χ1) is 15.8. The zero-order chi connectivity index (χ0) is 23.7. The van der Waals surface area contributed by atoms with Crippen LogP contribution in [0.5, 0.6) is 0 Å². The molecule has 182 valence electrons. The zero-order valence-electron chi connectivity index (χ0n) is 19.9. The molecule has 0 bridgehead atoms. The summed E-state index contributed by atoms with van der Waals surface area (Å²) in [5.74, 6) is 1.54. The lowest BCUT2D eigenvalue weighted by atomic mass is 10.1. The van der Waals surface area contributed by atoms with Crippen molar-refractivity contribution < 1.29 is 9.53 Å². The third-order valence-corrected chi connectivity index (χ3v) is 4.57. The van der Waals surface area contributed by atoms with Gasteiger partial charge in [0.1, 0.15) is 17.7 Å². The van der Waals surface area contributed by atoms with Gasteiger partial charge in [0.2, 0.25) is 0 Å². The van der Waals surface area contributed by atoms with Gasteiger partial charge in [0, 0.05) is 44.4 Å². The van der Waals surface area contributed by atoms with Gasteiger partial charge in [-0.3, -0.25) is 14.9 Å². The highest BCUT2D eigenvalue weighted by molar-refractivity contribution is 14.0. The third-order valence-electron chi connectivity index (χ3n) is 4.57. The molecule has 0 radical (unpaired) electrons. The minimum absolute atomic E-state index is 0. The summed E-state index contributed by atoms with van der Waals surface area (Å²) in [6, 6.07) is 11.7. The van der Waals surface area contributed by atoms with E-state index in [9.17, 15) is 4.79 Å². The second-order valence-electron chi connectivity index (χ2n) is 8.42. The Balaban J connectivity index is 0.00000408. The predicted molar refractivity (Wildman–Crippen MR) is 145 cm³/mol. The number of hydrogen-bond acceptors (Lipinski definition) is 5. The van der Waals surface area contributed by atoms with Crippen molar-refractivity contribution in [3.05, 3.63) is 72.4 Å². The first-order valence-electron chi connectivity index (χ1n) is 10.8. The predicted octanol–water partition coefficient (Wildman–Crippen LogP) is 4.14. The van der Waals surface area contributed by atoms with Crippen molar-refractivity contribution in [2.24, 2.45) is 4.99 Å². The normalized spacial score (nSPS) is 11.4. The Hall–Kier alpha value is -3.15. The molecule has 3 rings (SSSR count). The summed E-state index contributed by atoms with van der Waals surface area (Å²) < 4.78 is 7.13. The molecule has 0 fully saturated rings. The number of imidazole rings is 1. The van der Waals surface area contributed by atoms with Crippen LogP contribution in [-0.4, -0.2) is 45.8 Å². The molecule has 0 atom stereocenters. The van der Waals surface area contributed by atoms with Gasteiger partial charge in [-0.15, -0.1) is 24.0 Å². The number of hydrogen-bond donors (Lipinski definition) is 3. The quantitative estimate of drug-likeness (QED) is 0.222. The third kappa shape index (κ3) is 9.00. The Morgan fingerprint density at radius 3 is 2.50 bits per heavy atom. The smallest absolute Gasteiger partial charge is 0.412 e. The summed E-state index contributed by atoms with van der Waals surface area (Å²) in [5.41, 5.74) is 2.41. The molecule has 9 nitrogen and oxygen atoms in total. The lowest BCUT2D eigenvalue weighted by Gasteiger charge is -2.19. The van der Waals surface area contributed by atoms with E-state index in [-0.39, 0.29) is 24.0 Å². The number of guanidine groups is 1. The highest BCUT2D eigenvalue weighted by Gasteiger charge is 2.16. The van der Waals surface area contributed by atoms with Gasteiger partial charge in [0.05, 0.1) is 0 Å². The number of carbonyl (C=O) groups excluding carboxylic acids is 1. The lowest BCUT2D eigenvalue weighted by molar-refractivity contribution is 0.0636. The number of carbonyl (C=O) groups is 1. The Kier molecular flexibility index (Phi) is 10.3. The summed E-state index contributed by atoms with van der Waals surface area (Å²) >= 11 is 0. The zero-order valence-corrected chi connectivity index (χ0v) is 22.2. The molecule has 10 heteroatoms. The van der Waals surface area contributed by atoms with Gasteiger partial charge in [0.25, 0.3) is 0 Å². The SMILES string of the molecule is CN=C(NCCc1ccc(NC(=O)OC(C)(C)C)cc1)NCc1ccnc(-n2ccnc2)c1.I. The second-order valence-corrected chi connectivity index (χ2v) is 8.42. The molecule has 0 aliphatic rings. The first kappa shape index (κ1) is 27.1. The van der Waals surface area contributed by atoms with Crippen LogP contribution in [0.3, 0.4) is 0 Å². The van der Waals surface area contributed by atoms with Crippen molar-refractivity contribution >= 4 is 41.7 Å². The number of anilines is 1. The van der Waals surface area contributed by atoms with E-state index in [1.807, 2.05) is 67.9 Å². The largest absolute Gasteiger partial charge is 0.444 e. The highest BCUT2D eigenvalue weighted by Crippen LogP contribution is 2.13. The molecule has 1 amide bonds. The van der Waals surface area contributed by atoms with Crippen LogP contribution in [0.15, 0.2) is 66.3 Å². The molecule has 3 aromatic rings. The van der Waals surface area contributed by atoms with Crippen LogP contribution >= 0.6 is 24.0 Å². The van der Waals surface area contributed by atoms with Gasteiger partial charge in [-0.05, 0) is 62.6 Å². The van der Waals surface area contributed by atoms with Gasteiger partial charge in [-0.25, -0.2) is 14.8 Å². The number of ether oxygens (including phenoxy) is 1. The summed E-state index contributed by atoms with van der Waals surface area (Å²) in [5, 5.41) is 9.38. The van der Waals surface area contributed by atoms with Crippen LogP contribution in [0.1, 0.15) is 31.9 Å². The van der Waals surface area contributed by atoms with Crippen LogP contribution in [-0.2, 0) is 17.7 Å². The number of amides is 1. The van der Waals surface area contributed by atoms with Crippen LogP contribution in [0.4, 0.5) is 10.5 Å². The lowest BCUT2D eigenvalue weighted by Crippen LogP contribution is -2.37. The van der Waals surface area contributed by atoms with Crippen molar-refractivity contribution in [3.8, 4) is 5.82 Å². The average Bonchev–Trinajstić information content (AvgIpc) is 3.31. The van der Waals surface area contributed by atoms with Crippen molar-refractivity contribution in [1.82, 2.24) is 25.2 Å². The van der Waals surface area contributed by atoms with E-state index in [0.29, 0.717) is 12.2 Å². The topological polar surface area (TPSA) is 105 Å². The first-order valence-corrected chi connectivity index (χ1v) is 10.8. The molecule has 2 heterocycles. The van der Waals surface area contributed by atoms with Gasteiger partial charge >= 0.3 is 6.09 Å². The molecule has 0 saturated heterocycles. The number of nitrogens with zero attached hydrogens (tertiary/aromatic N) is 4. The van der Waals surface area contributed by atoms with Crippen LogP contribution in [0.2, 0.25) is 0 Å².